The summed E-state index contributed by atoms with van der Waals surface area (Å²) in [6.07, 6.45) is 0. The van der Waals surface area contributed by atoms with Gasteiger partial charge in [-0.2, -0.15) is 5.10 Å². The predicted octanol–water partition coefficient (Wildman–Crippen LogP) is 11.4. The Morgan fingerprint density at radius 2 is 0.859 bits per heavy atom. The van der Waals surface area contributed by atoms with Crippen LogP contribution in [0.15, 0.2) is 217 Å². The summed E-state index contributed by atoms with van der Waals surface area (Å²) in [5.41, 5.74) is 7.98. The zero-order chi connectivity index (χ0) is 43.6. The third-order valence-corrected chi connectivity index (χ3v) is 16.9. The third-order valence-electron chi connectivity index (χ3n) is 12.1. The van der Waals surface area contributed by atoms with Gasteiger partial charge in [-0.15, -0.1) is 17.7 Å². The van der Waals surface area contributed by atoms with Gasteiger partial charge in [0.15, 0.2) is 8.07 Å². The number of hydrogen-bond donors (Lipinski definition) is 0. The fraction of sp³-hybridized carbons (Fsp3) is 0.138. The summed E-state index contributed by atoms with van der Waals surface area (Å²) >= 11 is 0. The molecular weight excluding hydrogens is 978 g/mol. The topological polar surface area (TPSA) is 32.9 Å². The standard InChI is InChI=1S/C46H46N3Si.C12H8N.Au/c1-45(2,3)36-30-37(46(4,5)6)32-39(31-36)49-34-48(44(47-49)35-20-11-7-12-21-35)38-22-19-29-43(33-38)50(40-23-13-8-14-24-40,41-25-15-9-16-26-41)42-27-17-10-18-28-42;1-3-7-11-9(5-1)10-6-2-4-8-12(10)13-11;/h7-34H,1-6H3;1-8H;/q2*-1;. The van der Waals surface area contributed by atoms with E-state index in [1.54, 1.807) is 0 Å². The van der Waals surface area contributed by atoms with Crippen molar-refractivity contribution < 1.29 is 22.4 Å². The monoisotopic (exact) mass is 1030 g/mol. The van der Waals surface area contributed by atoms with Crippen molar-refractivity contribution in [3.63, 3.8) is 0 Å². The van der Waals surface area contributed by atoms with Crippen LogP contribution in [-0.4, -0.2) is 13.9 Å². The number of hydrazone groups is 1. The normalized spacial score (nSPS) is 13.0. The van der Waals surface area contributed by atoms with Crippen LogP contribution >= 0.6 is 0 Å². The summed E-state index contributed by atoms with van der Waals surface area (Å²) in [7, 11) is -2.72. The largest absolute Gasteiger partial charge is 0.657 e. The molecule has 0 saturated heterocycles. The van der Waals surface area contributed by atoms with Crippen LogP contribution in [0.3, 0.4) is 0 Å². The molecule has 8 aromatic carbocycles. The smallest absolute Gasteiger partial charge is 0.179 e. The summed E-state index contributed by atoms with van der Waals surface area (Å²) in [4.78, 5) is 6.78. The van der Waals surface area contributed by atoms with Crippen LogP contribution in [0.4, 0.5) is 11.4 Å². The van der Waals surface area contributed by atoms with Gasteiger partial charge in [-0.1, -0.05) is 230 Å². The Balaban J connectivity index is 0.000000339. The SMILES string of the molecule is CC(C)(C)c1cc(N2[CH-]N(c3cccc([Si](c4ccccc4)(c4ccccc4)c4ccccc4)c3)C(c3ccccc3)=N2)cc(C(C)(C)C)c1.[Au].c1ccc2c(c1)[n-]c1ccccc12. The fourth-order valence-electron chi connectivity index (χ4n) is 8.73. The molecule has 9 aromatic rings. The van der Waals surface area contributed by atoms with Gasteiger partial charge in [-0.3, -0.25) is 0 Å². The van der Waals surface area contributed by atoms with Crippen molar-refractivity contribution >= 4 is 67.8 Å². The average molecular weight is 1030 g/mol. The van der Waals surface area contributed by atoms with Gasteiger partial charge in [0.05, 0.1) is 0 Å². The van der Waals surface area contributed by atoms with Crippen molar-refractivity contribution in [2.24, 2.45) is 5.10 Å². The molecule has 64 heavy (non-hydrogen) atoms. The van der Waals surface area contributed by atoms with E-state index in [2.05, 4.69) is 263 Å². The van der Waals surface area contributed by atoms with Crippen molar-refractivity contribution in [2.45, 2.75) is 52.4 Å². The van der Waals surface area contributed by atoms with Crippen LogP contribution < -0.4 is 35.6 Å². The number of anilines is 2. The first kappa shape index (κ1) is 44.4. The van der Waals surface area contributed by atoms with Crippen molar-refractivity contribution in [1.29, 1.82) is 0 Å². The summed E-state index contributed by atoms with van der Waals surface area (Å²) in [6.45, 7) is 15.9. The van der Waals surface area contributed by atoms with Gasteiger partial charge in [-0.05, 0) is 77.7 Å². The van der Waals surface area contributed by atoms with E-state index in [9.17, 15) is 0 Å². The van der Waals surface area contributed by atoms with Crippen molar-refractivity contribution in [3.8, 4) is 0 Å². The second-order valence-corrected chi connectivity index (χ2v) is 22.2. The minimum absolute atomic E-state index is 0. The molecule has 1 aliphatic rings. The number of benzene rings is 8. The molecule has 0 atom stereocenters. The third kappa shape index (κ3) is 8.82. The molecule has 0 fully saturated rings. The molecule has 1 aliphatic heterocycles. The van der Waals surface area contributed by atoms with Gasteiger partial charge >= 0.3 is 0 Å². The Morgan fingerprint density at radius 3 is 1.33 bits per heavy atom. The van der Waals surface area contributed by atoms with Gasteiger partial charge in [-0.25, -0.2) is 0 Å². The molecule has 4 nitrogen and oxygen atoms in total. The minimum Gasteiger partial charge on any atom is -0.657 e. The summed E-state index contributed by atoms with van der Waals surface area (Å²) in [6, 6.07) is 76.5. The Labute approximate surface area is 395 Å². The van der Waals surface area contributed by atoms with Crippen LogP contribution in [0.1, 0.15) is 58.2 Å². The van der Waals surface area contributed by atoms with Crippen molar-refractivity contribution in [1.82, 2.24) is 4.98 Å². The van der Waals surface area contributed by atoms with Gasteiger partial charge in [0.2, 0.25) is 0 Å². The van der Waals surface area contributed by atoms with E-state index < -0.39 is 8.07 Å². The zero-order valence-corrected chi connectivity index (χ0v) is 40.5. The Bertz CT molecular complexity index is 2830. The molecule has 0 N–H and O–H groups in total. The second kappa shape index (κ2) is 18.5. The molecule has 2 heterocycles. The van der Waals surface area contributed by atoms with E-state index in [1.165, 1.54) is 42.6 Å². The van der Waals surface area contributed by atoms with E-state index in [0.717, 1.165) is 33.8 Å². The molecular formula is C58H54AuN4Si-2. The molecule has 6 heteroatoms. The maximum atomic E-state index is 5.33. The van der Waals surface area contributed by atoms with Crippen LogP contribution in [0.2, 0.25) is 0 Å². The molecule has 0 spiro atoms. The molecule has 1 radical (unpaired) electrons. The Hall–Kier alpha value is -6.21. The van der Waals surface area contributed by atoms with Gasteiger partial charge in [0.25, 0.3) is 0 Å². The van der Waals surface area contributed by atoms with Gasteiger partial charge in [0.1, 0.15) is 5.84 Å². The number of fused-ring (bicyclic) bond motifs is 3. The number of para-hydroxylation sites is 2. The number of hydrogen-bond acceptors (Lipinski definition) is 3. The maximum Gasteiger partial charge on any atom is 0.179 e. The van der Waals surface area contributed by atoms with E-state index in [1.807, 2.05) is 12.1 Å². The summed E-state index contributed by atoms with van der Waals surface area (Å²) in [5, 5.41) is 15.3. The first-order chi connectivity index (χ1) is 30.5. The Kier molecular flexibility index (Phi) is 12.8. The number of rotatable bonds is 7. The minimum atomic E-state index is -2.72. The van der Waals surface area contributed by atoms with Crippen molar-refractivity contribution in [2.75, 3.05) is 9.91 Å². The predicted molar refractivity (Wildman–Crippen MR) is 271 cm³/mol. The van der Waals surface area contributed by atoms with E-state index in [-0.39, 0.29) is 33.2 Å². The van der Waals surface area contributed by atoms with E-state index in [0.29, 0.717) is 0 Å². The number of amidine groups is 1. The average Bonchev–Trinajstić information content (AvgIpc) is 3.94. The van der Waals surface area contributed by atoms with E-state index >= 15 is 0 Å². The summed E-state index contributed by atoms with van der Waals surface area (Å²) < 4.78 is 0. The second-order valence-electron chi connectivity index (χ2n) is 18.4. The molecule has 0 bridgehead atoms. The maximum absolute atomic E-state index is 5.33. The van der Waals surface area contributed by atoms with Crippen LogP contribution in [-0.2, 0) is 33.2 Å². The first-order valence-corrected chi connectivity index (χ1v) is 23.9. The van der Waals surface area contributed by atoms with Crippen molar-refractivity contribution in [3.05, 3.63) is 236 Å². The Morgan fingerprint density at radius 1 is 0.438 bits per heavy atom. The van der Waals surface area contributed by atoms with Gasteiger partial charge < -0.3 is 14.9 Å². The van der Waals surface area contributed by atoms with E-state index in [4.69, 9.17) is 5.10 Å². The van der Waals surface area contributed by atoms with Crippen LogP contribution in [0.25, 0.3) is 21.8 Å². The van der Waals surface area contributed by atoms with Crippen LogP contribution in [0.5, 0.6) is 0 Å². The zero-order valence-electron chi connectivity index (χ0n) is 37.4. The summed E-state index contributed by atoms with van der Waals surface area (Å²) in [5.74, 6) is 0.896. The molecule has 0 unspecified atom stereocenters. The molecule has 0 aliphatic carbocycles. The molecule has 0 saturated carbocycles. The molecule has 0 amide bonds. The fourth-order valence-corrected chi connectivity index (χ4v) is 13.5. The molecule has 1 aromatic heterocycles. The molecule has 10 rings (SSSR count). The molecule has 323 valence electrons. The van der Waals surface area contributed by atoms with Gasteiger partial charge in [0, 0.05) is 39.3 Å². The number of aromatic nitrogens is 1. The first-order valence-electron chi connectivity index (χ1n) is 21.9. The van der Waals surface area contributed by atoms with Crippen LogP contribution in [0, 0.1) is 6.67 Å². The number of nitrogens with zero attached hydrogens (tertiary/aromatic N) is 4. The quantitative estimate of drug-likeness (QED) is 0.0906.